The molecule has 0 N–H and O–H groups in total. The molecule has 0 bridgehead atoms. The molecule has 10 aromatic carbocycles. The van der Waals surface area contributed by atoms with Crippen LogP contribution in [-0.2, 0) is 0 Å². The number of aromatic nitrogens is 1. The highest BCUT2D eigenvalue weighted by atomic mass is 15.1. The molecule has 1 aromatic heterocycles. The number of para-hydroxylation sites is 2. The molecule has 0 saturated heterocycles. The summed E-state index contributed by atoms with van der Waals surface area (Å²) in [6, 6.07) is 83.6. The standard InChI is InChI=1S/C56H38N2/c1-3-19-46(20-4-1)57(48-34-32-40(33-35-48)39-28-30-42(31-29-39)51-25-12-17-41-14-9-10-24-50(41)51)49-23-11-18-45(36-49)52-26-13-27-54-56(52)53-37-43-15-7-8-16-44(43)38-55(53)58(54)47-21-5-2-6-22-47/h1-38H. The minimum absolute atomic E-state index is 1.10. The molecule has 0 aliphatic carbocycles. The fraction of sp³-hybridized carbons (Fsp3) is 0. The molecule has 0 atom stereocenters. The predicted molar refractivity (Wildman–Crippen MR) is 247 cm³/mol. The first-order valence-electron chi connectivity index (χ1n) is 19.9. The van der Waals surface area contributed by atoms with Crippen molar-refractivity contribution in [1.82, 2.24) is 4.57 Å². The summed E-state index contributed by atoms with van der Waals surface area (Å²) in [6.45, 7) is 0. The fourth-order valence-corrected chi connectivity index (χ4v) is 8.81. The number of fused-ring (bicyclic) bond motifs is 5. The van der Waals surface area contributed by atoms with Crippen molar-refractivity contribution in [2.75, 3.05) is 4.90 Å². The summed E-state index contributed by atoms with van der Waals surface area (Å²) < 4.78 is 2.42. The van der Waals surface area contributed by atoms with Gasteiger partial charge in [-0.25, -0.2) is 0 Å². The molecule has 0 radical (unpaired) electrons. The van der Waals surface area contributed by atoms with Crippen LogP contribution in [0.15, 0.2) is 231 Å². The normalized spacial score (nSPS) is 11.4. The van der Waals surface area contributed by atoms with Gasteiger partial charge < -0.3 is 9.47 Å². The van der Waals surface area contributed by atoms with E-state index >= 15 is 0 Å². The Morgan fingerprint density at radius 2 is 0.845 bits per heavy atom. The molecule has 0 amide bonds. The molecule has 11 aromatic rings. The van der Waals surface area contributed by atoms with Crippen LogP contribution in [0.1, 0.15) is 0 Å². The van der Waals surface area contributed by atoms with E-state index in [9.17, 15) is 0 Å². The predicted octanol–water partition coefficient (Wildman–Crippen LogP) is 15.6. The van der Waals surface area contributed by atoms with Crippen LogP contribution in [0.25, 0.3) is 82.4 Å². The number of benzene rings is 10. The van der Waals surface area contributed by atoms with Crippen LogP contribution in [0.5, 0.6) is 0 Å². The van der Waals surface area contributed by atoms with E-state index < -0.39 is 0 Å². The van der Waals surface area contributed by atoms with Gasteiger partial charge in [0.25, 0.3) is 0 Å². The van der Waals surface area contributed by atoms with E-state index in [0.29, 0.717) is 0 Å². The number of anilines is 3. The molecule has 1 heterocycles. The van der Waals surface area contributed by atoms with Crippen LogP contribution in [0.4, 0.5) is 17.1 Å². The van der Waals surface area contributed by atoms with E-state index in [1.54, 1.807) is 0 Å². The van der Waals surface area contributed by atoms with E-state index in [0.717, 1.165) is 22.7 Å². The molecule has 0 saturated carbocycles. The molecule has 272 valence electrons. The number of hydrogen-bond acceptors (Lipinski definition) is 1. The van der Waals surface area contributed by atoms with Gasteiger partial charge in [0, 0.05) is 33.5 Å². The first-order valence-corrected chi connectivity index (χ1v) is 19.9. The molecule has 0 spiro atoms. The van der Waals surface area contributed by atoms with Gasteiger partial charge in [-0.3, -0.25) is 0 Å². The van der Waals surface area contributed by atoms with Gasteiger partial charge in [0.05, 0.1) is 11.0 Å². The molecular formula is C56H38N2. The summed E-state index contributed by atoms with van der Waals surface area (Å²) in [6.07, 6.45) is 0. The summed E-state index contributed by atoms with van der Waals surface area (Å²) in [5.74, 6) is 0. The maximum absolute atomic E-state index is 2.42. The first kappa shape index (κ1) is 33.6. The van der Waals surface area contributed by atoms with Crippen molar-refractivity contribution >= 4 is 60.4 Å². The maximum Gasteiger partial charge on any atom is 0.0547 e. The summed E-state index contributed by atoms with van der Waals surface area (Å²) in [7, 11) is 0. The Balaban J connectivity index is 1.000. The van der Waals surface area contributed by atoms with Gasteiger partial charge in [0.2, 0.25) is 0 Å². The number of rotatable bonds is 7. The Morgan fingerprint density at radius 1 is 0.293 bits per heavy atom. The number of hydrogen-bond donors (Lipinski definition) is 0. The fourth-order valence-electron chi connectivity index (χ4n) is 8.81. The lowest BCUT2D eigenvalue weighted by atomic mass is 9.96. The zero-order valence-corrected chi connectivity index (χ0v) is 31.8. The Kier molecular flexibility index (Phi) is 8.19. The maximum atomic E-state index is 2.42. The summed E-state index contributed by atoms with van der Waals surface area (Å²) in [5, 5.41) is 7.52. The van der Waals surface area contributed by atoms with Gasteiger partial charge in [-0.2, -0.15) is 0 Å². The van der Waals surface area contributed by atoms with Crippen molar-refractivity contribution in [2.24, 2.45) is 0 Å². The SMILES string of the molecule is c1ccc(N(c2ccc(-c3ccc(-c4cccc5ccccc45)cc3)cc2)c2cccc(-c3cccc4c3c3cc5ccccc5cc3n4-c3ccccc3)c2)cc1. The van der Waals surface area contributed by atoms with Crippen LogP contribution >= 0.6 is 0 Å². The Labute approximate surface area is 338 Å². The average molecular weight is 739 g/mol. The van der Waals surface area contributed by atoms with Crippen LogP contribution in [0, 0.1) is 0 Å². The lowest BCUT2D eigenvalue weighted by Gasteiger charge is -2.26. The smallest absolute Gasteiger partial charge is 0.0547 e. The van der Waals surface area contributed by atoms with Gasteiger partial charge in [0.15, 0.2) is 0 Å². The highest BCUT2D eigenvalue weighted by Gasteiger charge is 2.19. The molecule has 2 heteroatoms. The monoisotopic (exact) mass is 738 g/mol. The van der Waals surface area contributed by atoms with Gasteiger partial charge in [-0.1, -0.05) is 164 Å². The molecule has 0 fully saturated rings. The van der Waals surface area contributed by atoms with Crippen molar-refractivity contribution in [3.05, 3.63) is 231 Å². The highest BCUT2D eigenvalue weighted by Crippen LogP contribution is 2.43. The minimum Gasteiger partial charge on any atom is -0.310 e. The quantitative estimate of drug-likeness (QED) is 0.158. The van der Waals surface area contributed by atoms with Gasteiger partial charge in [0.1, 0.15) is 0 Å². The van der Waals surface area contributed by atoms with E-state index in [1.165, 1.54) is 76.7 Å². The zero-order chi connectivity index (χ0) is 38.4. The summed E-state index contributed by atoms with van der Waals surface area (Å²) in [4.78, 5) is 2.36. The van der Waals surface area contributed by atoms with Gasteiger partial charge >= 0.3 is 0 Å². The van der Waals surface area contributed by atoms with Crippen LogP contribution in [0.3, 0.4) is 0 Å². The molecule has 0 aliphatic heterocycles. The van der Waals surface area contributed by atoms with E-state index in [2.05, 4.69) is 240 Å². The number of nitrogens with zero attached hydrogens (tertiary/aromatic N) is 2. The van der Waals surface area contributed by atoms with Gasteiger partial charge in [-0.15, -0.1) is 0 Å². The van der Waals surface area contributed by atoms with Crippen molar-refractivity contribution in [3.8, 4) is 39.1 Å². The molecule has 0 aliphatic rings. The Morgan fingerprint density at radius 3 is 1.62 bits per heavy atom. The lowest BCUT2D eigenvalue weighted by molar-refractivity contribution is 1.18. The topological polar surface area (TPSA) is 8.17 Å². The largest absolute Gasteiger partial charge is 0.310 e. The third-order valence-corrected chi connectivity index (χ3v) is 11.5. The molecule has 58 heavy (non-hydrogen) atoms. The third-order valence-electron chi connectivity index (χ3n) is 11.5. The average Bonchev–Trinajstić information content (AvgIpc) is 3.62. The summed E-state index contributed by atoms with van der Waals surface area (Å²) >= 11 is 0. The molecule has 11 rings (SSSR count). The molecule has 2 nitrogen and oxygen atoms in total. The minimum atomic E-state index is 1.10. The second-order valence-corrected chi connectivity index (χ2v) is 15.0. The first-order chi connectivity index (χ1) is 28.8. The van der Waals surface area contributed by atoms with E-state index in [1.807, 2.05) is 0 Å². The van der Waals surface area contributed by atoms with Crippen LogP contribution in [-0.4, -0.2) is 4.57 Å². The van der Waals surface area contributed by atoms with Crippen molar-refractivity contribution in [2.45, 2.75) is 0 Å². The van der Waals surface area contributed by atoms with Crippen molar-refractivity contribution < 1.29 is 0 Å². The third kappa shape index (κ3) is 5.82. The molecule has 0 unspecified atom stereocenters. The summed E-state index contributed by atoms with van der Waals surface area (Å²) in [5.41, 5.74) is 14.1. The van der Waals surface area contributed by atoms with Crippen LogP contribution < -0.4 is 4.90 Å². The van der Waals surface area contributed by atoms with Crippen LogP contribution in [0.2, 0.25) is 0 Å². The zero-order valence-electron chi connectivity index (χ0n) is 31.8. The van der Waals surface area contributed by atoms with Gasteiger partial charge in [-0.05, 0) is 122 Å². The second-order valence-electron chi connectivity index (χ2n) is 15.0. The Hall–Kier alpha value is -7.68. The molecular weight excluding hydrogens is 701 g/mol. The second kappa shape index (κ2) is 14.1. The highest BCUT2D eigenvalue weighted by molar-refractivity contribution is 6.18. The van der Waals surface area contributed by atoms with Crippen molar-refractivity contribution in [1.29, 1.82) is 0 Å². The Bertz CT molecular complexity index is 3250. The van der Waals surface area contributed by atoms with E-state index in [-0.39, 0.29) is 0 Å². The van der Waals surface area contributed by atoms with E-state index in [4.69, 9.17) is 0 Å². The van der Waals surface area contributed by atoms with Crippen molar-refractivity contribution in [3.63, 3.8) is 0 Å². The lowest BCUT2D eigenvalue weighted by Crippen LogP contribution is -2.09.